The maximum Gasteiger partial charge on any atom is 0.227 e. The van der Waals surface area contributed by atoms with Crippen LogP contribution in [0, 0.1) is 11.8 Å². The molecular weight excluding hydrogens is 278 g/mol. The average molecular weight is 294 g/mol. The van der Waals surface area contributed by atoms with Crippen LogP contribution in [0.25, 0.3) is 0 Å². The molecule has 106 valence electrons. The van der Waals surface area contributed by atoms with E-state index in [9.17, 15) is 4.79 Å². The molecule has 1 fully saturated rings. The van der Waals surface area contributed by atoms with Gasteiger partial charge in [-0.1, -0.05) is 23.4 Å². The van der Waals surface area contributed by atoms with Crippen molar-refractivity contribution in [2.45, 2.75) is 25.4 Å². The van der Waals surface area contributed by atoms with E-state index in [0.717, 1.165) is 19.4 Å². The summed E-state index contributed by atoms with van der Waals surface area (Å²) in [7, 11) is 0. The molecule has 1 aliphatic rings. The largest absolute Gasteiger partial charge is 0.384 e. The number of nitrogens with one attached hydrogen (secondary N) is 1. The number of carbonyl (C=O) groups excluding carboxylic acids is 1. The van der Waals surface area contributed by atoms with E-state index in [1.807, 2.05) is 0 Å². The van der Waals surface area contributed by atoms with Gasteiger partial charge in [-0.05, 0) is 31.0 Å². The molecule has 0 aromatic heterocycles. The fraction of sp³-hybridized carbons (Fsp3) is 0.400. The molecule has 0 bridgehead atoms. The Morgan fingerprint density at radius 2 is 2.40 bits per heavy atom. The Morgan fingerprint density at radius 1 is 1.55 bits per heavy atom. The minimum atomic E-state index is -0.240. The molecule has 1 atom stereocenters. The lowest BCUT2D eigenvalue weighted by atomic mass is 10.1. The molecular formula is C15H16ClNO3. The fourth-order valence-corrected chi connectivity index (χ4v) is 2.25. The molecule has 0 aliphatic carbocycles. The molecule has 2 rings (SSSR count). The Morgan fingerprint density at radius 3 is 3.10 bits per heavy atom. The van der Waals surface area contributed by atoms with Crippen LogP contribution in [0.5, 0.6) is 0 Å². The number of aliphatic hydroxyl groups is 1. The van der Waals surface area contributed by atoms with Crippen LogP contribution in [0.4, 0.5) is 5.69 Å². The van der Waals surface area contributed by atoms with Crippen LogP contribution in [-0.4, -0.2) is 30.3 Å². The summed E-state index contributed by atoms with van der Waals surface area (Å²) in [5, 5.41) is 12.1. The van der Waals surface area contributed by atoms with Gasteiger partial charge in [0, 0.05) is 17.2 Å². The van der Waals surface area contributed by atoms with Crippen LogP contribution in [0.1, 0.15) is 24.8 Å². The van der Waals surface area contributed by atoms with E-state index in [1.54, 1.807) is 18.2 Å². The second kappa shape index (κ2) is 7.30. The quantitative estimate of drug-likeness (QED) is 0.840. The Balaban J connectivity index is 2.05. The number of carbonyl (C=O) groups is 1. The molecule has 4 nitrogen and oxygen atoms in total. The van der Waals surface area contributed by atoms with Crippen molar-refractivity contribution in [3.05, 3.63) is 28.8 Å². The van der Waals surface area contributed by atoms with Crippen molar-refractivity contribution >= 4 is 23.2 Å². The maximum absolute atomic E-state index is 12.0. The molecule has 1 aromatic carbocycles. The number of rotatable bonds is 3. The van der Waals surface area contributed by atoms with E-state index in [1.165, 1.54) is 0 Å². The Hall–Kier alpha value is -1.54. The predicted molar refractivity (Wildman–Crippen MR) is 77.6 cm³/mol. The molecule has 0 saturated carbocycles. The van der Waals surface area contributed by atoms with Crippen LogP contribution in [-0.2, 0) is 9.53 Å². The summed E-state index contributed by atoms with van der Waals surface area (Å²) in [6, 6.07) is 5.05. The molecule has 1 amide bonds. The third-order valence-corrected chi connectivity index (χ3v) is 3.23. The number of amides is 1. The Bertz CT molecular complexity index is 542. The van der Waals surface area contributed by atoms with Crippen molar-refractivity contribution in [2.24, 2.45) is 0 Å². The first kappa shape index (κ1) is 14.9. The van der Waals surface area contributed by atoms with Gasteiger partial charge in [0.1, 0.15) is 6.61 Å². The van der Waals surface area contributed by atoms with E-state index in [-0.39, 0.29) is 18.6 Å². The van der Waals surface area contributed by atoms with Crippen LogP contribution in [0.15, 0.2) is 18.2 Å². The Labute approximate surface area is 123 Å². The highest BCUT2D eigenvalue weighted by molar-refractivity contribution is 6.30. The number of halogens is 1. The first-order valence-corrected chi connectivity index (χ1v) is 6.87. The second-order valence-electron chi connectivity index (χ2n) is 4.54. The van der Waals surface area contributed by atoms with Crippen LogP contribution in [0.2, 0.25) is 5.02 Å². The normalized spacial score (nSPS) is 17.4. The molecule has 1 heterocycles. The topological polar surface area (TPSA) is 58.6 Å². The standard InChI is InChI=1S/C15H16ClNO3/c16-12-5-6-14(11(9-12)3-1-7-18)17-15(19)10-13-4-2-8-20-13/h5-6,9,13,18H,2,4,7-8,10H2,(H,17,19). The zero-order valence-electron chi connectivity index (χ0n) is 11.0. The van der Waals surface area contributed by atoms with E-state index in [4.69, 9.17) is 21.4 Å². The molecule has 1 aromatic rings. The van der Waals surface area contributed by atoms with E-state index < -0.39 is 0 Å². The first-order valence-electron chi connectivity index (χ1n) is 6.50. The third kappa shape index (κ3) is 4.24. The van der Waals surface area contributed by atoms with Gasteiger partial charge in [-0.3, -0.25) is 4.79 Å². The van der Waals surface area contributed by atoms with Gasteiger partial charge in [0.2, 0.25) is 5.91 Å². The summed E-state index contributed by atoms with van der Waals surface area (Å²) in [4.78, 5) is 12.0. The summed E-state index contributed by atoms with van der Waals surface area (Å²) < 4.78 is 5.43. The number of hydrogen-bond acceptors (Lipinski definition) is 3. The van der Waals surface area contributed by atoms with Gasteiger partial charge in [0.25, 0.3) is 0 Å². The summed E-state index contributed by atoms with van der Waals surface area (Å²) in [5.74, 6) is 5.22. The highest BCUT2D eigenvalue weighted by atomic mass is 35.5. The van der Waals surface area contributed by atoms with Gasteiger partial charge in [-0.25, -0.2) is 0 Å². The molecule has 1 saturated heterocycles. The molecule has 20 heavy (non-hydrogen) atoms. The number of ether oxygens (including phenoxy) is 1. The van der Waals surface area contributed by atoms with E-state index in [2.05, 4.69) is 17.2 Å². The van der Waals surface area contributed by atoms with Gasteiger partial charge in [0.05, 0.1) is 18.2 Å². The van der Waals surface area contributed by atoms with Crippen molar-refractivity contribution in [1.82, 2.24) is 0 Å². The number of hydrogen-bond donors (Lipinski definition) is 2. The monoisotopic (exact) mass is 293 g/mol. The lowest BCUT2D eigenvalue weighted by molar-refractivity contribution is -0.118. The highest BCUT2D eigenvalue weighted by Crippen LogP contribution is 2.21. The van der Waals surface area contributed by atoms with Crippen molar-refractivity contribution in [2.75, 3.05) is 18.5 Å². The SMILES string of the molecule is O=C(CC1CCCO1)Nc1ccc(Cl)cc1C#CCO. The van der Waals surface area contributed by atoms with Crippen molar-refractivity contribution in [1.29, 1.82) is 0 Å². The van der Waals surface area contributed by atoms with Crippen molar-refractivity contribution in [3.63, 3.8) is 0 Å². The van der Waals surface area contributed by atoms with Crippen LogP contribution < -0.4 is 5.32 Å². The third-order valence-electron chi connectivity index (χ3n) is 2.99. The summed E-state index contributed by atoms with van der Waals surface area (Å²) in [6.07, 6.45) is 2.28. The zero-order chi connectivity index (χ0) is 14.4. The average Bonchev–Trinajstić information content (AvgIpc) is 2.91. The summed E-state index contributed by atoms with van der Waals surface area (Å²) in [5.41, 5.74) is 1.19. The molecule has 0 radical (unpaired) electrons. The van der Waals surface area contributed by atoms with Gasteiger partial charge in [-0.15, -0.1) is 0 Å². The summed E-state index contributed by atoms with van der Waals surface area (Å²) >= 11 is 5.91. The zero-order valence-corrected chi connectivity index (χ0v) is 11.7. The van der Waals surface area contributed by atoms with Gasteiger partial charge < -0.3 is 15.2 Å². The fourth-order valence-electron chi connectivity index (χ4n) is 2.08. The van der Waals surface area contributed by atoms with Crippen LogP contribution >= 0.6 is 11.6 Å². The number of aliphatic hydroxyl groups excluding tert-OH is 1. The molecule has 0 spiro atoms. The number of anilines is 1. The van der Waals surface area contributed by atoms with Crippen molar-refractivity contribution < 1.29 is 14.6 Å². The smallest absolute Gasteiger partial charge is 0.227 e. The van der Waals surface area contributed by atoms with E-state index >= 15 is 0 Å². The second-order valence-corrected chi connectivity index (χ2v) is 4.97. The summed E-state index contributed by atoms with van der Waals surface area (Å²) in [6.45, 7) is 0.488. The molecule has 5 heteroatoms. The van der Waals surface area contributed by atoms with Gasteiger partial charge >= 0.3 is 0 Å². The molecule has 2 N–H and O–H groups in total. The predicted octanol–water partition coefficient (Wildman–Crippen LogP) is 2.19. The first-order chi connectivity index (χ1) is 9.69. The van der Waals surface area contributed by atoms with Crippen LogP contribution in [0.3, 0.4) is 0 Å². The highest BCUT2D eigenvalue weighted by Gasteiger charge is 2.19. The molecule has 1 unspecified atom stereocenters. The molecule has 1 aliphatic heterocycles. The van der Waals surface area contributed by atoms with Gasteiger partial charge in [-0.2, -0.15) is 0 Å². The maximum atomic E-state index is 12.0. The van der Waals surface area contributed by atoms with E-state index in [0.29, 0.717) is 22.7 Å². The Kier molecular flexibility index (Phi) is 5.42. The minimum Gasteiger partial charge on any atom is -0.384 e. The lowest BCUT2D eigenvalue weighted by Crippen LogP contribution is -2.19. The minimum absolute atomic E-state index is 0.00859. The van der Waals surface area contributed by atoms with Gasteiger partial charge in [0.15, 0.2) is 0 Å². The lowest BCUT2D eigenvalue weighted by Gasteiger charge is -2.11. The van der Waals surface area contributed by atoms with Crippen molar-refractivity contribution in [3.8, 4) is 11.8 Å². The number of benzene rings is 1.